The minimum Gasteiger partial charge on any atom is -0.297 e. The maximum absolute atomic E-state index is 12.7. The van der Waals surface area contributed by atoms with Gasteiger partial charge < -0.3 is 0 Å². The predicted molar refractivity (Wildman–Crippen MR) is 85.0 cm³/mol. The van der Waals surface area contributed by atoms with Crippen LogP contribution in [0.15, 0.2) is 41.5 Å². The number of rotatable bonds is 4. The minimum absolute atomic E-state index is 0.0553. The van der Waals surface area contributed by atoms with Gasteiger partial charge in [-0.25, -0.2) is 9.67 Å². The van der Waals surface area contributed by atoms with Gasteiger partial charge in [0.1, 0.15) is 6.33 Å². The van der Waals surface area contributed by atoms with Crippen LogP contribution in [0.3, 0.4) is 0 Å². The number of ketones is 1. The standard InChI is InChI=1S/C16H17N5O2/c1-16(2,11-7-5-4-6-8-11)12(22)9-21-10-17-14-13(15(21)23)18-19-20(14)3/h4-8,10H,9H2,1-3H3. The van der Waals surface area contributed by atoms with Crippen molar-refractivity contribution in [2.75, 3.05) is 0 Å². The fourth-order valence-electron chi connectivity index (χ4n) is 2.43. The summed E-state index contributed by atoms with van der Waals surface area (Å²) in [5, 5.41) is 7.59. The molecule has 0 aliphatic heterocycles. The van der Waals surface area contributed by atoms with E-state index in [-0.39, 0.29) is 23.4 Å². The molecule has 118 valence electrons. The van der Waals surface area contributed by atoms with E-state index in [1.54, 1.807) is 7.05 Å². The summed E-state index contributed by atoms with van der Waals surface area (Å²) in [6.45, 7) is 3.65. The second kappa shape index (κ2) is 5.42. The monoisotopic (exact) mass is 311 g/mol. The van der Waals surface area contributed by atoms with Gasteiger partial charge in [-0.1, -0.05) is 35.5 Å². The van der Waals surface area contributed by atoms with Crippen LogP contribution in [0.5, 0.6) is 0 Å². The van der Waals surface area contributed by atoms with Crippen molar-refractivity contribution in [3.8, 4) is 0 Å². The van der Waals surface area contributed by atoms with E-state index in [0.717, 1.165) is 5.56 Å². The summed E-state index contributed by atoms with van der Waals surface area (Å²) < 4.78 is 2.71. The fraction of sp³-hybridized carbons (Fsp3) is 0.312. The van der Waals surface area contributed by atoms with E-state index in [1.165, 1.54) is 15.6 Å². The van der Waals surface area contributed by atoms with Crippen LogP contribution >= 0.6 is 0 Å². The number of aryl methyl sites for hydroxylation is 1. The molecular weight excluding hydrogens is 294 g/mol. The summed E-state index contributed by atoms with van der Waals surface area (Å²) in [6.07, 6.45) is 1.37. The molecule has 0 aliphatic rings. The number of nitrogens with zero attached hydrogens (tertiary/aromatic N) is 5. The van der Waals surface area contributed by atoms with E-state index in [9.17, 15) is 9.59 Å². The Morgan fingerprint density at radius 1 is 1.22 bits per heavy atom. The lowest BCUT2D eigenvalue weighted by Gasteiger charge is -2.24. The zero-order chi connectivity index (χ0) is 16.6. The first-order chi connectivity index (χ1) is 10.9. The molecule has 0 fully saturated rings. The predicted octanol–water partition coefficient (Wildman–Crippen LogP) is 1.07. The van der Waals surface area contributed by atoms with Crippen molar-refractivity contribution in [3.05, 3.63) is 52.6 Å². The normalized spacial score (nSPS) is 11.8. The third-order valence-electron chi connectivity index (χ3n) is 4.09. The first-order valence-electron chi connectivity index (χ1n) is 7.25. The highest BCUT2D eigenvalue weighted by molar-refractivity contribution is 5.89. The Kier molecular flexibility index (Phi) is 3.55. The van der Waals surface area contributed by atoms with Crippen LogP contribution in [0, 0.1) is 0 Å². The summed E-state index contributed by atoms with van der Waals surface area (Å²) in [5.74, 6) is -0.0733. The zero-order valence-electron chi connectivity index (χ0n) is 13.2. The Bertz CT molecular complexity index is 925. The third-order valence-corrected chi connectivity index (χ3v) is 4.09. The van der Waals surface area contributed by atoms with Crippen LogP contribution in [-0.2, 0) is 23.8 Å². The van der Waals surface area contributed by atoms with Gasteiger partial charge in [-0.2, -0.15) is 0 Å². The van der Waals surface area contributed by atoms with Gasteiger partial charge in [-0.15, -0.1) is 5.10 Å². The van der Waals surface area contributed by atoms with Gasteiger partial charge in [0.15, 0.2) is 16.9 Å². The van der Waals surface area contributed by atoms with Crippen molar-refractivity contribution < 1.29 is 4.79 Å². The average Bonchev–Trinajstić information content (AvgIpc) is 2.93. The molecule has 0 spiro atoms. The summed E-state index contributed by atoms with van der Waals surface area (Å²) in [6, 6.07) is 9.50. The number of aromatic nitrogens is 5. The largest absolute Gasteiger partial charge is 0.297 e. The molecule has 0 saturated carbocycles. The van der Waals surface area contributed by atoms with Crippen molar-refractivity contribution in [3.63, 3.8) is 0 Å². The van der Waals surface area contributed by atoms with Gasteiger partial charge in [-0.05, 0) is 19.4 Å². The van der Waals surface area contributed by atoms with Crippen molar-refractivity contribution in [1.82, 2.24) is 24.5 Å². The molecule has 2 heterocycles. The Morgan fingerprint density at radius 3 is 2.61 bits per heavy atom. The number of Topliss-reactive ketones (excluding diaryl/α,β-unsaturated/α-hetero) is 1. The molecule has 3 aromatic rings. The zero-order valence-corrected chi connectivity index (χ0v) is 13.2. The van der Waals surface area contributed by atoms with Crippen LogP contribution in [0.25, 0.3) is 11.2 Å². The van der Waals surface area contributed by atoms with Gasteiger partial charge in [-0.3, -0.25) is 14.2 Å². The summed E-state index contributed by atoms with van der Waals surface area (Å²) in [7, 11) is 1.66. The van der Waals surface area contributed by atoms with Gasteiger partial charge in [0.25, 0.3) is 5.56 Å². The molecule has 0 atom stereocenters. The maximum atomic E-state index is 12.7. The highest BCUT2D eigenvalue weighted by Gasteiger charge is 2.29. The Balaban J connectivity index is 1.94. The molecule has 2 aromatic heterocycles. The van der Waals surface area contributed by atoms with Gasteiger partial charge in [0.05, 0.1) is 12.0 Å². The molecule has 23 heavy (non-hydrogen) atoms. The molecule has 0 aliphatic carbocycles. The summed E-state index contributed by atoms with van der Waals surface area (Å²) in [4.78, 5) is 29.3. The highest BCUT2D eigenvalue weighted by atomic mass is 16.1. The molecule has 0 N–H and O–H groups in total. The maximum Gasteiger partial charge on any atom is 0.283 e. The van der Waals surface area contributed by atoms with Gasteiger partial charge >= 0.3 is 0 Å². The molecule has 0 unspecified atom stereocenters. The number of carbonyl (C=O) groups excluding carboxylic acids is 1. The molecule has 0 saturated heterocycles. The number of fused-ring (bicyclic) bond motifs is 1. The Labute approximate surface area is 132 Å². The minimum atomic E-state index is -0.696. The fourth-order valence-corrected chi connectivity index (χ4v) is 2.43. The first-order valence-corrected chi connectivity index (χ1v) is 7.25. The number of carbonyl (C=O) groups is 1. The van der Waals surface area contributed by atoms with Gasteiger partial charge in [0.2, 0.25) is 0 Å². The van der Waals surface area contributed by atoms with Crippen LogP contribution in [0.2, 0.25) is 0 Å². The van der Waals surface area contributed by atoms with Crippen molar-refractivity contribution >= 4 is 16.9 Å². The van der Waals surface area contributed by atoms with E-state index in [1.807, 2.05) is 44.2 Å². The molecule has 7 heteroatoms. The molecular formula is C16H17N5O2. The third kappa shape index (κ3) is 2.54. The lowest BCUT2D eigenvalue weighted by molar-refractivity contribution is -0.124. The molecule has 7 nitrogen and oxygen atoms in total. The lowest BCUT2D eigenvalue weighted by atomic mass is 9.80. The lowest BCUT2D eigenvalue weighted by Crippen LogP contribution is -2.35. The topological polar surface area (TPSA) is 82.7 Å². The molecule has 0 bridgehead atoms. The first kappa shape index (κ1) is 15.1. The quantitative estimate of drug-likeness (QED) is 0.720. The number of hydrogen-bond donors (Lipinski definition) is 0. The van der Waals surface area contributed by atoms with Crippen LogP contribution in [0.4, 0.5) is 0 Å². The molecule has 3 rings (SSSR count). The van der Waals surface area contributed by atoms with Crippen LogP contribution in [-0.4, -0.2) is 30.3 Å². The SMILES string of the molecule is Cn1nnc2c(=O)n(CC(=O)C(C)(C)c3ccccc3)cnc21. The van der Waals surface area contributed by atoms with E-state index in [0.29, 0.717) is 5.65 Å². The van der Waals surface area contributed by atoms with E-state index >= 15 is 0 Å². The van der Waals surface area contributed by atoms with E-state index in [4.69, 9.17) is 0 Å². The molecule has 0 amide bonds. The smallest absolute Gasteiger partial charge is 0.283 e. The summed E-state index contributed by atoms with van der Waals surface area (Å²) >= 11 is 0. The van der Waals surface area contributed by atoms with Crippen molar-refractivity contribution in [2.45, 2.75) is 25.8 Å². The van der Waals surface area contributed by atoms with Crippen molar-refractivity contribution in [2.24, 2.45) is 7.05 Å². The number of benzene rings is 1. The Morgan fingerprint density at radius 2 is 1.91 bits per heavy atom. The average molecular weight is 311 g/mol. The molecule has 1 aromatic carbocycles. The molecule has 0 radical (unpaired) electrons. The Hall–Kier alpha value is -2.83. The van der Waals surface area contributed by atoms with Crippen LogP contribution in [0.1, 0.15) is 19.4 Å². The highest BCUT2D eigenvalue weighted by Crippen LogP contribution is 2.24. The second-order valence-electron chi connectivity index (χ2n) is 5.98. The van der Waals surface area contributed by atoms with Gasteiger partial charge in [0, 0.05) is 7.05 Å². The number of hydrogen-bond acceptors (Lipinski definition) is 5. The second-order valence-corrected chi connectivity index (χ2v) is 5.98. The van der Waals surface area contributed by atoms with E-state index < -0.39 is 5.41 Å². The van der Waals surface area contributed by atoms with E-state index in [2.05, 4.69) is 15.3 Å². The van der Waals surface area contributed by atoms with Crippen LogP contribution < -0.4 is 5.56 Å². The summed E-state index contributed by atoms with van der Waals surface area (Å²) in [5.41, 5.74) is 0.422. The van der Waals surface area contributed by atoms with Crippen molar-refractivity contribution in [1.29, 1.82) is 0 Å².